The van der Waals surface area contributed by atoms with E-state index in [1.165, 1.54) is 0 Å². The maximum Gasteiger partial charge on any atom is 0.225 e. The second kappa shape index (κ2) is 9.66. The van der Waals surface area contributed by atoms with Crippen LogP contribution in [0.15, 0.2) is 24.3 Å². The van der Waals surface area contributed by atoms with E-state index in [2.05, 4.69) is 22.0 Å². The number of carbonyl (C=O) groups excluding carboxylic acids is 1. The van der Waals surface area contributed by atoms with Gasteiger partial charge in [0, 0.05) is 50.9 Å². The van der Waals surface area contributed by atoms with Gasteiger partial charge in [-0.3, -0.25) is 4.79 Å². The summed E-state index contributed by atoms with van der Waals surface area (Å²) in [7, 11) is 1.62. The zero-order valence-electron chi connectivity index (χ0n) is 13.4. The monoisotopic (exact) mass is 327 g/mol. The van der Waals surface area contributed by atoms with E-state index in [1.54, 1.807) is 7.11 Å². The normalized spacial score (nSPS) is 15.9. The minimum atomic E-state index is 0. The Labute approximate surface area is 139 Å². The highest BCUT2D eigenvalue weighted by atomic mass is 35.5. The summed E-state index contributed by atoms with van der Waals surface area (Å²) in [5, 5.41) is 2.92. The van der Waals surface area contributed by atoms with E-state index in [0.717, 1.165) is 50.7 Å². The van der Waals surface area contributed by atoms with Crippen molar-refractivity contribution in [2.45, 2.75) is 13.3 Å². The Hall–Kier alpha value is -1.30. The number of piperazine rings is 1. The second-order valence-corrected chi connectivity index (χ2v) is 5.31. The number of hydrogen-bond donors (Lipinski definition) is 1. The van der Waals surface area contributed by atoms with E-state index in [0.29, 0.717) is 6.42 Å². The quantitative estimate of drug-likeness (QED) is 0.869. The van der Waals surface area contributed by atoms with Crippen molar-refractivity contribution in [1.29, 1.82) is 0 Å². The molecule has 1 amide bonds. The molecule has 1 aliphatic rings. The number of ether oxygens (including phenoxy) is 1. The zero-order chi connectivity index (χ0) is 15.1. The van der Waals surface area contributed by atoms with Crippen molar-refractivity contribution < 1.29 is 9.53 Å². The van der Waals surface area contributed by atoms with Gasteiger partial charge in [-0.15, -0.1) is 12.4 Å². The summed E-state index contributed by atoms with van der Waals surface area (Å²) >= 11 is 0. The molecule has 0 aliphatic carbocycles. The number of carbonyl (C=O) groups is 1. The van der Waals surface area contributed by atoms with E-state index < -0.39 is 0 Å². The first kappa shape index (κ1) is 18.7. The Morgan fingerprint density at radius 1 is 1.23 bits per heavy atom. The smallest absolute Gasteiger partial charge is 0.225 e. The van der Waals surface area contributed by atoms with Gasteiger partial charge in [-0.2, -0.15) is 0 Å². The molecule has 1 aromatic carbocycles. The lowest BCUT2D eigenvalue weighted by Crippen LogP contribution is -2.46. The molecule has 1 fully saturated rings. The lowest BCUT2D eigenvalue weighted by Gasteiger charge is -2.33. The van der Waals surface area contributed by atoms with Crippen LogP contribution >= 0.6 is 12.4 Å². The topological polar surface area (TPSA) is 44.8 Å². The van der Waals surface area contributed by atoms with Gasteiger partial charge in [0.2, 0.25) is 5.91 Å². The van der Waals surface area contributed by atoms with Gasteiger partial charge >= 0.3 is 0 Å². The lowest BCUT2D eigenvalue weighted by atomic mass is 10.2. The molecule has 1 aliphatic heterocycles. The SMILES string of the molecule is CCN1CCN(CCC(=O)Nc2cccc(OC)c2)CC1.Cl. The summed E-state index contributed by atoms with van der Waals surface area (Å²) in [6.07, 6.45) is 0.531. The summed E-state index contributed by atoms with van der Waals surface area (Å²) in [6, 6.07) is 7.44. The summed E-state index contributed by atoms with van der Waals surface area (Å²) in [5.74, 6) is 0.810. The number of anilines is 1. The van der Waals surface area contributed by atoms with Gasteiger partial charge in [0.05, 0.1) is 7.11 Å². The van der Waals surface area contributed by atoms with Crippen LogP contribution in [0.2, 0.25) is 0 Å². The molecule has 0 unspecified atom stereocenters. The van der Waals surface area contributed by atoms with Crippen LogP contribution in [0.3, 0.4) is 0 Å². The molecule has 0 saturated carbocycles. The molecule has 0 bridgehead atoms. The number of methoxy groups -OCH3 is 1. The molecule has 22 heavy (non-hydrogen) atoms. The molecule has 5 nitrogen and oxygen atoms in total. The third kappa shape index (κ3) is 5.83. The fourth-order valence-electron chi connectivity index (χ4n) is 2.51. The minimum Gasteiger partial charge on any atom is -0.497 e. The first-order valence-corrected chi connectivity index (χ1v) is 7.60. The van der Waals surface area contributed by atoms with Crippen molar-refractivity contribution in [3.8, 4) is 5.75 Å². The molecule has 1 saturated heterocycles. The molecule has 1 aromatic rings. The molecule has 0 atom stereocenters. The number of halogens is 1. The fraction of sp³-hybridized carbons (Fsp3) is 0.562. The molecule has 6 heteroatoms. The van der Waals surface area contributed by atoms with Crippen LogP contribution < -0.4 is 10.1 Å². The molecule has 0 spiro atoms. The number of likely N-dealkylation sites (N-methyl/N-ethyl adjacent to an activating group) is 1. The number of rotatable bonds is 6. The summed E-state index contributed by atoms with van der Waals surface area (Å²) in [6.45, 7) is 8.46. The first-order valence-electron chi connectivity index (χ1n) is 7.60. The van der Waals surface area contributed by atoms with Gasteiger partial charge in [0.25, 0.3) is 0 Å². The molecular formula is C16H26ClN3O2. The lowest BCUT2D eigenvalue weighted by molar-refractivity contribution is -0.116. The van der Waals surface area contributed by atoms with Crippen molar-refractivity contribution >= 4 is 24.0 Å². The predicted molar refractivity (Wildman–Crippen MR) is 92.0 cm³/mol. The Kier molecular flexibility index (Phi) is 8.24. The number of hydrogen-bond acceptors (Lipinski definition) is 4. The highest BCUT2D eigenvalue weighted by Crippen LogP contribution is 2.16. The van der Waals surface area contributed by atoms with Crippen molar-refractivity contribution in [1.82, 2.24) is 9.80 Å². The van der Waals surface area contributed by atoms with Crippen LogP contribution in [-0.4, -0.2) is 62.1 Å². The second-order valence-electron chi connectivity index (χ2n) is 5.31. The van der Waals surface area contributed by atoms with Gasteiger partial charge in [-0.25, -0.2) is 0 Å². The van der Waals surface area contributed by atoms with Crippen molar-refractivity contribution in [3.63, 3.8) is 0 Å². The predicted octanol–water partition coefficient (Wildman–Crippen LogP) is 2.08. The number of amides is 1. The van der Waals surface area contributed by atoms with Gasteiger partial charge in [-0.05, 0) is 18.7 Å². The molecule has 0 radical (unpaired) electrons. The standard InChI is InChI=1S/C16H25N3O2.ClH/c1-3-18-9-11-19(12-10-18)8-7-16(20)17-14-5-4-6-15(13-14)21-2;/h4-6,13H,3,7-12H2,1-2H3,(H,17,20);1H. The summed E-state index contributed by atoms with van der Waals surface area (Å²) in [5.41, 5.74) is 0.787. The summed E-state index contributed by atoms with van der Waals surface area (Å²) < 4.78 is 5.15. The highest BCUT2D eigenvalue weighted by Gasteiger charge is 2.16. The first-order chi connectivity index (χ1) is 10.2. The van der Waals surface area contributed by atoms with Gasteiger partial charge in [0.15, 0.2) is 0 Å². The van der Waals surface area contributed by atoms with Gasteiger partial charge in [-0.1, -0.05) is 13.0 Å². The molecular weight excluding hydrogens is 302 g/mol. The Bertz CT molecular complexity index is 462. The Balaban J connectivity index is 0.00000242. The highest BCUT2D eigenvalue weighted by molar-refractivity contribution is 5.91. The van der Waals surface area contributed by atoms with E-state index >= 15 is 0 Å². The van der Waals surface area contributed by atoms with Crippen LogP contribution in [-0.2, 0) is 4.79 Å². The van der Waals surface area contributed by atoms with E-state index in [1.807, 2.05) is 24.3 Å². The van der Waals surface area contributed by atoms with Gasteiger partial charge in [0.1, 0.15) is 5.75 Å². The third-order valence-corrected chi connectivity index (χ3v) is 3.92. The van der Waals surface area contributed by atoms with E-state index in [9.17, 15) is 4.79 Å². The molecule has 1 heterocycles. The fourth-order valence-corrected chi connectivity index (χ4v) is 2.51. The van der Waals surface area contributed by atoms with Crippen molar-refractivity contribution in [2.75, 3.05) is 51.7 Å². The number of benzene rings is 1. The summed E-state index contributed by atoms with van der Waals surface area (Å²) in [4.78, 5) is 16.8. The van der Waals surface area contributed by atoms with Crippen molar-refractivity contribution in [3.05, 3.63) is 24.3 Å². The van der Waals surface area contributed by atoms with Crippen LogP contribution in [0.4, 0.5) is 5.69 Å². The van der Waals surface area contributed by atoms with Crippen LogP contribution in [0, 0.1) is 0 Å². The molecule has 124 valence electrons. The van der Waals surface area contributed by atoms with Crippen LogP contribution in [0.5, 0.6) is 5.75 Å². The van der Waals surface area contributed by atoms with E-state index in [4.69, 9.17) is 4.74 Å². The largest absolute Gasteiger partial charge is 0.497 e. The van der Waals surface area contributed by atoms with Crippen LogP contribution in [0.1, 0.15) is 13.3 Å². The van der Waals surface area contributed by atoms with Gasteiger partial charge < -0.3 is 19.9 Å². The third-order valence-electron chi connectivity index (χ3n) is 3.92. The minimum absolute atomic E-state index is 0. The average Bonchev–Trinajstić information content (AvgIpc) is 2.53. The van der Waals surface area contributed by atoms with Crippen LogP contribution in [0.25, 0.3) is 0 Å². The number of nitrogens with zero attached hydrogens (tertiary/aromatic N) is 2. The Morgan fingerprint density at radius 3 is 2.55 bits per heavy atom. The van der Waals surface area contributed by atoms with E-state index in [-0.39, 0.29) is 18.3 Å². The number of nitrogens with one attached hydrogen (secondary N) is 1. The average molecular weight is 328 g/mol. The zero-order valence-corrected chi connectivity index (χ0v) is 14.2. The molecule has 1 N–H and O–H groups in total. The maximum atomic E-state index is 12.0. The van der Waals surface area contributed by atoms with Crippen molar-refractivity contribution in [2.24, 2.45) is 0 Å². The molecule has 0 aromatic heterocycles. The maximum absolute atomic E-state index is 12.0. The Morgan fingerprint density at radius 2 is 1.91 bits per heavy atom. The molecule has 2 rings (SSSR count).